The van der Waals surface area contributed by atoms with Gasteiger partial charge in [0.25, 0.3) is 0 Å². The zero-order valence-electron chi connectivity index (χ0n) is 11.7. The number of hydrogen-bond acceptors (Lipinski definition) is 6. The first-order chi connectivity index (χ1) is 8.53. The van der Waals surface area contributed by atoms with Gasteiger partial charge in [-0.25, -0.2) is 8.42 Å². The van der Waals surface area contributed by atoms with E-state index in [1.807, 2.05) is 27.7 Å². The van der Waals surface area contributed by atoms with E-state index in [1.165, 1.54) is 6.07 Å². The van der Waals surface area contributed by atoms with Gasteiger partial charge in [0.05, 0.1) is 16.8 Å². The van der Waals surface area contributed by atoms with Crippen LogP contribution in [0, 0.1) is 0 Å². The van der Waals surface area contributed by atoms with Gasteiger partial charge in [-0.05, 0) is 39.8 Å². The van der Waals surface area contributed by atoms with Crippen molar-refractivity contribution in [1.29, 1.82) is 0 Å². The second-order valence-electron chi connectivity index (χ2n) is 5.66. The Hall–Kier alpha value is -0.985. The highest BCUT2D eigenvalue weighted by molar-refractivity contribution is 7.90. The maximum absolute atomic E-state index is 11.3. The van der Waals surface area contributed by atoms with Crippen LogP contribution in [0.25, 0.3) is 0 Å². The summed E-state index contributed by atoms with van der Waals surface area (Å²) in [5, 5.41) is 7.51. The van der Waals surface area contributed by atoms with Crippen LogP contribution >= 0.6 is 0 Å². The molecule has 8 heteroatoms. The predicted molar refractivity (Wildman–Crippen MR) is 70.9 cm³/mol. The van der Waals surface area contributed by atoms with Gasteiger partial charge in [-0.3, -0.25) is 0 Å². The monoisotopic (exact) mass is 284 g/mol. The third kappa shape index (κ3) is 2.65. The van der Waals surface area contributed by atoms with E-state index in [4.69, 9.17) is 9.31 Å². The molecule has 104 valence electrons. The third-order valence-electron chi connectivity index (χ3n) is 3.54. The molecule has 0 bridgehead atoms. The quantitative estimate of drug-likeness (QED) is 0.721. The summed E-state index contributed by atoms with van der Waals surface area (Å²) < 4.78 is 34.2. The Labute approximate surface area is 113 Å². The van der Waals surface area contributed by atoms with E-state index >= 15 is 0 Å². The molecule has 1 aliphatic rings. The Morgan fingerprint density at radius 3 is 1.95 bits per heavy atom. The summed E-state index contributed by atoms with van der Waals surface area (Å²) in [6.45, 7) is 7.74. The van der Waals surface area contributed by atoms with Gasteiger partial charge in [-0.15, -0.1) is 5.10 Å². The van der Waals surface area contributed by atoms with Gasteiger partial charge < -0.3 is 9.31 Å². The standard InChI is InChI=1S/C11H17BN2O4S/c1-10(2)11(3,4)18-12(17-10)8-6-7-9(14-13-8)19(5,15)16/h6-7H,1-5H3. The minimum absolute atomic E-state index is 0.0623. The molecule has 1 aromatic rings. The SMILES string of the molecule is CC1(C)OB(c2ccc(S(C)(=O)=O)nn2)OC1(C)C. The van der Waals surface area contributed by atoms with E-state index in [2.05, 4.69) is 10.2 Å². The van der Waals surface area contributed by atoms with Crippen LogP contribution < -0.4 is 5.59 Å². The van der Waals surface area contributed by atoms with Crippen LogP contribution in [0.4, 0.5) is 0 Å². The normalized spacial score (nSPS) is 21.6. The van der Waals surface area contributed by atoms with E-state index in [0.29, 0.717) is 5.59 Å². The lowest BCUT2D eigenvalue weighted by molar-refractivity contribution is 0.00578. The van der Waals surface area contributed by atoms with Crippen molar-refractivity contribution >= 4 is 22.5 Å². The minimum atomic E-state index is -3.34. The number of aromatic nitrogens is 2. The van der Waals surface area contributed by atoms with Gasteiger partial charge in [0.15, 0.2) is 14.9 Å². The second kappa shape index (κ2) is 4.26. The van der Waals surface area contributed by atoms with Gasteiger partial charge in [0, 0.05) is 6.26 Å². The number of sulfone groups is 1. The van der Waals surface area contributed by atoms with Crippen LogP contribution in [0.1, 0.15) is 27.7 Å². The van der Waals surface area contributed by atoms with Crippen LogP contribution in [0.3, 0.4) is 0 Å². The van der Waals surface area contributed by atoms with Crippen molar-refractivity contribution in [3.05, 3.63) is 12.1 Å². The van der Waals surface area contributed by atoms with Gasteiger partial charge in [-0.2, -0.15) is 5.10 Å². The number of nitrogens with zero attached hydrogens (tertiary/aromatic N) is 2. The molecular formula is C11H17BN2O4S. The topological polar surface area (TPSA) is 78.4 Å². The zero-order valence-corrected chi connectivity index (χ0v) is 12.5. The molecule has 0 amide bonds. The van der Waals surface area contributed by atoms with Crippen LogP contribution in [0.2, 0.25) is 0 Å². The molecule has 1 fully saturated rings. The lowest BCUT2D eigenvalue weighted by Gasteiger charge is -2.32. The highest BCUT2D eigenvalue weighted by Gasteiger charge is 2.52. The minimum Gasteiger partial charge on any atom is -0.398 e. The van der Waals surface area contributed by atoms with Crippen molar-refractivity contribution in [3.63, 3.8) is 0 Å². The Bertz CT molecular complexity index is 567. The lowest BCUT2D eigenvalue weighted by Crippen LogP contribution is -2.41. The molecule has 0 saturated carbocycles. The van der Waals surface area contributed by atoms with Gasteiger partial charge in [0.1, 0.15) is 0 Å². The molecule has 19 heavy (non-hydrogen) atoms. The summed E-state index contributed by atoms with van der Waals surface area (Å²) >= 11 is 0. The fraction of sp³-hybridized carbons (Fsp3) is 0.636. The van der Waals surface area contributed by atoms with Gasteiger partial charge >= 0.3 is 7.12 Å². The van der Waals surface area contributed by atoms with E-state index in [-0.39, 0.29) is 5.03 Å². The molecule has 6 nitrogen and oxygen atoms in total. The summed E-state index contributed by atoms with van der Waals surface area (Å²) in [5.74, 6) is 0. The molecule has 0 unspecified atom stereocenters. The first kappa shape index (κ1) is 14.4. The average molecular weight is 284 g/mol. The molecule has 2 heterocycles. The molecule has 1 saturated heterocycles. The summed E-state index contributed by atoms with van der Waals surface area (Å²) in [7, 11) is -3.98. The molecule has 0 aromatic carbocycles. The summed E-state index contributed by atoms with van der Waals surface area (Å²) in [4.78, 5) is 0. The maximum Gasteiger partial charge on any atom is 0.516 e. The molecule has 1 aliphatic heterocycles. The second-order valence-corrected chi connectivity index (χ2v) is 7.62. The van der Waals surface area contributed by atoms with Crippen molar-refractivity contribution in [2.75, 3.05) is 6.26 Å². The Kier molecular flexibility index (Phi) is 3.23. The number of hydrogen-bond donors (Lipinski definition) is 0. The van der Waals surface area contributed by atoms with Crippen LogP contribution in [-0.2, 0) is 19.1 Å². The largest absolute Gasteiger partial charge is 0.516 e. The molecule has 0 radical (unpaired) electrons. The third-order valence-corrected chi connectivity index (χ3v) is 4.51. The smallest absolute Gasteiger partial charge is 0.398 e. The van der Waals surface area contributed by atoms with Gasteiger partial charge in [0.2, 0.25) is 0 Å². The molecule has 0 atom stereocenters. The molecule has 1 aromatic heterocycles. The molecular weight excluding hydrogens is 267 g/mol. The van der Waals surface area contributed by atoms with Crippen LogP contribution in [0.15, 0.2) is 17.2 Å². The average Bonchev–Trinajstić information content (AvgIpc) is 2.47. The van der Waals surface area contributed by atoms with E-state index < -0.39 is 28.2 Å². The van der Waals surface area contributed by atoms with E-state index in [9.17, 15) is 8.42 Å². The Balaban J connectivity index is 2.26. The van der Waals surface area contributed by atoms with Crippen molar-refractivity contribution in [2.24, 2.45) is 0 Å². The molecule has 0 N–H and O–H groups in total. The molecule has 2 rings (SSSR count). The first-order valence-electron chi connectivity index (χ1n) is 5.92. The fourth-order valence-electron chi connectivity index (χ4n) is 1.62. The summed E-state index contributed by atoms with van der Waals surface area (Å²) in [6, 6.07) is 2.97. The Morgan fingerprint density at radius 1 is 1.05 bits per heavy atom. The molecule has 0 aliphatic carbocycles. The summed E-state index contributed by atoms with van der Waals surface area (Å²) in [5.41, 5.74) is -0.463. The first-order valence-corrected chi connectivity index (χ1v) is 7.81. The summed E-state index contributed by atoms with van der Waals surface area (Å²) in [6.07, 6.45) is 1.09. The molecule has 0 spiro atoms. The fourth-order valence-corrected chi connectivity index (χ4v) is 2.12. The number of rotatable bonds is 2. The van der Waals surface area contributed by atoms with Crippen LogP contribution in [0.5, 0.6) is 0 Å². The van der Waals surface area contributed by atoms with Crippen molar-refractivity contribution in [3.8, 4) is 0 Å². The maximum atomic E-state index is 11.3. The zero-order chi connectivity index (χ0) is 14.5. The highest BCUT2D eigenvalue weighted by Crippen LogP contribution is 2.36. The van der Waals surface area contributed by atoms with Crippen molar-refractivity contribution in [1.82, 2.24) is 10.2 Å². The lowest BCUT2D eigenvalue weighted by atomic mass is 9.85. The van der Waals surface area contributed by atoms with Gasteiger partial charge in [-0.1, -0.05) is 0 Å². The Morgan fingerprint density at radius 2 is 1.58 bits per heavy atom. The highest BCUT2D eigenvalue weighted by atomic mass is 32.2. The predicted octanol–water partition coefficient (Wildman–Crippen LogP) is 0.179. The van der Waals surface area contributed by atoms with E-state index in [0.717, 1.165) is 6.26 Å². The van der Waals surface area contributed by atoms with Crippen LogP contribution in [-0.4, -0.2) is 43.2 Å². The van der Waals surface area contributed by atoms with E-state index in [1.54, 1.807) is 6.07 Å². The van der Waals surface area contributed by atoms with Crippen molar-refractivity contribution < 1.29 is 17.7 Å². The van der Waals surface area contributed by atoms with Crippen molar-refractivity contribution in [2.45, 2.75) is 43.9 Å².